The number of anilines is 2. The first-order valence-corrected chi connectivity index (χ1v) is 8.29. The summed E-state index contributed by atoms with van der Waals surface area (Å²) in [5.41, 5.74) is 2.68. The lowest BCUT2D eigenvalue weighted by atomic mass is 10.0. The molecule has 3 aromatic rings. The van der Waals surface area contributed by atoms with Gasteiger partial charge in [-0.05, 0) is 36.6 Å². The molecule has 0 bridgehead atoms. The number of benzene rings is 1. The van der Waals surface area contributed by atoms with Crippen LogP contribution in [-0.4, -0.2) is 22.4 Å². The molecule has 0 radical (unpaired) electrons. The van der Waals surface area contributed by atoms with Crippen molar-refractivity contribution in [2.75, 3.05) is 16.8 Å². The number of carbonyl (C=O) groups is 1. The highest BCUT2D eigenvalue weighted by molar-refractivity contribution is 6.06. The smallest absolute Gasteiger partial charge is 0.261 e. The third-order valence-electron chi connectivity index (χ3n) is 4.26. The van der Waals surface area contributed by atoms with E-state index in [1.54, 1.807) is 18.7 Å². The van der Waals surface area contributed by atoms with Gasteiger partial charge < -0.3 is 14.6 Å². The summed E-state index contributed by atoms with van der Waals surface area (Å²) in [4.78, 5) is 23.1. The zero-order valence-corrected chi connectivity index (χ0v) is 13.7. The highest BCUT2D eigenvalue weighted by Gasteiger charge is 2.23. The van der Waals surface area contributed by atoms with Crippen molar-refractivity contribution in [2.45, 2.75) is 19.4 Å². The number of aryl methyl sites for hydroxylation is 1. The Balaban J connectivity index is 1.48. The van der Waals surface area contributed by atoms with Gasteiger partial charge in [0.2, 0.25) is 5.95 Å². The van der Waals surface area contributed by atoms with E-state index in [1.807, 2.05) is 35.2 Å². The number of para-hydroxylation sites is 1. The maximum Gasteiger partial charge on any atom is 0.261 e. The standard InChI is InChI=1S/C19H18N4O2/c24-18(23-9-3-6-14-5-1-2-8-17(14)23)15-11-20-19(21-12-15)22-13-16-7-4-10-25-16/h1-2,4-5,7-8,10-12H,3,6,9,13H2,(H,20,21,22). The number of amides is 1. The fourth-order valence-electron chi connectivity index (χ4n) is 3.01. The molecule has 0 aliphatic carbocycles. The van der Waals surface area contributed by atoms with Crippen molar-refractivity contribution in [3.05, 3.63) is 71.9 Å². The molecule has 1 amide bonds. The molecule has 0 saturated heterocycles. The van der Waals surface area contributed by atoms with E-state index in [2.05, 4.69) is 21.4 Å². The lowest BCUT2D eigenvalue weighted by Crippen LogP contribution is -2.35. The van der Waals surface area contributed by atoms with Gasteiger partial charge in [-0.25, -0.2) is 9.97 Å². The van der Waals surface area contributed by atoms with Gasteiger partial charge in [0.15, 0.2) is 0 Å². The van der Waals surface area contributed by atoms with Gasteiger partial charge in [-0.15, -0.1) is 0 Å². The minimum Gasteiger partial charge on any atom is -0.467 e. The second-order valence-corrected chi connectivity index (χ2v) is 5.92. The first-order valence-electron chi connectivity index (χ1n) is 8.29. The van der Waals surface area contributed by atoms with Gasteiger partial charge in [-0.3, -0.25) is 4.79 Å². The average molecular weight is 334 g/mol. The van der Waals surface area contributed by atoms with Crippen LogP contribution in [-0.2, 0) is 13.0 Å². The molecule has 1 aliphatic rings. The maximum atomic E-state index is 12.8. The SMILES string of the molecule is O=C(c1cnc(NCc2ccco2)nc1)N1CCCc2ccccc21. The van der Waals surface area contributed by atoms with E-state index < -0.39 is 0 Å². The van der Waals surface area contributed by atoms with Crippen LogP contribution in [0.25, 0.3) is 0 Å². The fraction of sp³-hybridized carbons (Fsp3) is 0.211. The molecule has 4 rings (SSSR count). The Labute approximate surface area is 145 Å². The molecule has 25 heavy (non-hydrogen) atoms. The van der Waals surface area contributed by atoms with Crippen molar-refractivity contribution in [3.63, 3.8) is 0 Å². The molecule has 0 unspecified atom stereocenters. The minimum atomic E-state index is -0.0651. The third-order valence-corrected chi connectivity index (χ3v) is 4.26. The number of nitrogens with one attached hydrogen (secondary N) is 1. The Morgan fingerprint density at radius 3 is 2.80 bits per heavy atom. The molecule has 6 nitrogen and oxygen atoms in total. The minimum absolute atomic E-state index is 0.0651. The van der Waals surface area contributed by atoms with Crippen LogP contribution >= 0.6 is 0 Å². The molecular weight excluding hydrogens is 316 g/mol. The van der Waals surface area contributed by atoms with Crippen molar-refractivity contribution in [1.29, 1.82) is 0 Å². The monoisotopic (exact) mass is 334 g/mol. The van der Waals surface area contributed by atoms with Gasteiger partial charge in [-0.1, -0.05) is 18.2 Å². The van der Waals surface area contributed by atoms with E-state index in [0.717, 1.165) is 24.3 Å². The number of aromatic nitrogens is 2. The van der Waals surface area contributed by atoms with E-state index >= 15 is 0 Å². The van der Waals surface area contributed by atoms with Crippen LogP contribution in [0, 0.1) is 0 Å². The van der Waals surface area contributed by atoms with Gasteiger partial charge in [-0.2, -0.15) is 0 Å². The molecule has 0 saturated carbocycles. The molecule has 3 heterocycles. The van der Waals surface area contributed by atoms with Crippen LogP contribution in [0.1, 0.15) is 28.1 Å². The molecule has 126 valence electrons. The Bertz CT molecular complexity index is 859. The average Bonchev–Trinajstić information content (AvgIpc) is 3.19. The Morgan fingerprint density at radius 1 is 1.16 bits per heavy atom. The molecule has 0 atom stereocenters. The van der Waals surface area contributed by atoms with Crippen LogP contribution < -0.4 is 10.2 Å². The first-order chi connectivity index (χ1) is 12.3. The number of rotatable bonds is 4. The van der Waals surface area contributed by atoms with Crippen LogP contribution in [0.15, 0.2) is 59.5 Å². The summed E-state index contributed by atoms with van der Waals surface area (Å²) in [6.07, 6.45) is 6.72. The third kappa shape index (κ3) is 3.24. The number of fused-ring (bicyclic) bond motifs is 1. The summed E-state index contributed by atoms with van der Waals surface area (Å²) in [5, 5.41) is 3.07. The summed E-state index contributed by atoms with van der Waals surface area (Å²) in [6.45, 7) is 1.22. The lowest BCUT2D eigenvalue weighted by Gasteiger charge is -2.29. The summed E-state index contributed by atoms with van der Waals surface area (Å²) in [6, 6.07) is 11.7. The van der Waals surface area contributed by atoms with Gasteiger partial charge in [0.1, 0.15) is 5.76 Å². The Hall–Kier alpha value is -3.15. The Kier molecular flexibility index (Phi) is 4.16. The van der Waals surface area contributed by atoms with Gasteiger partial charge >= 0.3 is 0 Å². The molecule has 0 fully saturated rings. The van der Waals surface area contributed by atoms with Crippen molar-refractivity contribution in [2.24, 2.45) is 0 Å². The molecule has 1 N–H and O–H groups in total. The van der Waals surface area contributed by atoms with Crippen molar-refractivity contribution in [1.82, 2.24) is 9.97 Å². The van der Waals surface area contributed by atoms with Gasteiger partial charge in [0, 0.05) is 24.6 Å². The number of carbonyl (C=O) groups excluding carboxylic acids is 1. The summed E-state index contributed by atoms with van der Waals surface area (Å²) in [5.74, 6) is 1.20. The van der Waals surface area contributed by atoms with Crippen LogP contribution in [0.4, 0.5) is 11.6 Å². The maximum absolute atomic E-state index is 12.8. The largest absolute Gasteiger partial charge is 0.467 e. The zero-order chi connectivity index (χ0) is 17.1. The second-order valence-electron chi connectivity index (χ2n) is 5.92. The highest BCUT2D eigenvalue weighted by Crippen LogP contribution is 2.27. The predicted octanol–water partition coefficient (Wildman–Crippen LogP) is 3.27. The first kappa shape index (κ1) is 15.4. The number of hydrogen-bond acceptors (Lipinski definition) is 5. The number of nitrogens with zero attached hydrogens (tertiary/aromatic N) is 3. The summed E-state index contributed by atoms with van der Waals surface area (Å²) in [7, 11) is 0. The van der Waals surface area contributed by atoms with Crippen molar-refractivity contribution in [3.8, 4) is 0 Å². The normalized spacial score (nSPS) is 13.4. The Morgan fingerprint density at radius 2 is 2.00 bits per heavy atom. The van der Waals surface area contributed by atoms with Crippen LogP contribution in [0.3, 0.4) is 0 Å². The zero-order valence-electron chi connectivity index (χ0n) is 13.7. The molecule has 1 aliphatic heterocycles. The molecular formula is C19H18N4O2. The number of hydrogen-bond donors (Lipinski definition) is 1. The van der Waals surface area contributed by atoms with Gasteiger partial charge in [0.05, 0.1) is 18.4 Å². The van der Waals surface area contributed by atoms with Crippen molar-refractivity contribution < 1.29 is 9.21 Å². The lowest BCUT2D eigenvalue weighted by molar-refractivity contribution is 0.0984. The van der Waals surface area contributed by atoms with E-state index in [1.165, 1.54) is 5.56 Å². The van der Waals surface area contributed by atoms with E-state index in [9.17, 15) is 4.79 Å². The highest BCUT2D eigenvalue weighted by atomic mass is 16.3. The fourth-order valence-corrected chi connectivity index (χ4v) is 3.01. The molecule has 6 heteroatoms. The topological polar surface area (TPSA) is 71.3 Å². The summed E-state index contributed by atoms with van der Waals surface area (Å²) >= 11 is 0. The quantitative estimate of drug-likeness (QED) is 0.793. The van der Waals surface area contributed by atoms with E-state index in [4.69, 9.17) is 4.42 Å². The molecule has 2 aromatic heterocycles. The number of furan rings is 1. The molecule has 0 spiro atoms. The molecule has 1 aromatic carbocycles. The van der Waals surface area contributed by atoms with Gasteiger partial charge in [0.25, 0.3) is 5.91 Å². The van der Waals surface area contributed by atoms with E-state index in [-0.39, 0.29) is 5.91 Å². The van der Waals surface area contributed by atoms with Crippen LogP contribution in [0.5, 0.6) is 0 Å². The van der Waals surface area contributed by atoms with Crippen molar-refractivity contribution >= 4 is 17.5 Å². The second kappa shape index (κ2) is 6.76. The summed E-state index contributed by atoms with van der Waals surface area (Å²) < 4.78 is 5.25. The van der Waals surface area contributed by atoms with E-state index in [0.29, 0.717) is 24.6 Å². The van der Waals surface area contributed by atoms with Crippen LogP contribution in [0.2, 0.25) is 0 Å². The predicted molar refractivity (Wildman–Crippen MR) is 94.5 cm³/mol.